The molecular weight excluding hydrogens is 306 g/mol. The van der Waals surface area contributed by atoms with Gasteiger partial charge in [-0.3, -0.25) is 4.98 Å². The van der Waals surface area contributed by atoms with E-state index in [0.717, 1.165) is 22.0 Å². The molecule has 0 saturated heterocycles. The predicted octanol–water partition coefficient (Wildman–Crippen LogP) is 3.52. The lowest BCUT2D eigenvalue weighted by molar-refractivity contribution is 0.191. The molecule has 2 aromatic rings. The number of nitrogens with zero attached hydrogens (tertiary/aromatic N) is 1. The van der Waals surface area contributed by atoms with Crippen LogP contribution in [0.2, 0.25) is 0 Å². The molecule has 0 aliphatic heterocycles. The van der Waals surface area contributed by atoms with Crippen molar-refractivity contribution in [3.05, 3.63) is 58.3 Å². The number of pyridine rings is 1. The third kappa shape index (κ3) is 4.04. The van der Waals surface area contributed by atoms with Crippen molar-refractivity contribution in [2.24, 2.45) is 0 Å². The van der Waals surface area contributed by atoms with Crippen molar-refractivity contribution in [1.29, 1.82) is 0 Å². The van der Waals surface area contributed by atoms with Gasteiger partial charge in [0.25, 0.3) is 0 Å². The first-order valence-electron chi connectivity index (χ1n) is 6.16. The third-order valence-corrected chi connectivity index (χ3v) is 3.29. The fraction of sp³-hybridized carbons (Fsp3) is 0.267. The number of hydrogen-bond acceptors (Lipinski definition) is 3. The van der Waals surface area contributed by atoms with Crippen molar-refractivity contribution < 1.29 is 9.84 Å². The minimum atomic E-state index is -0.540. The van der Waals surface area contributed by atoms with E-state index < -0.39 is 6.10 Å². The van der Waals surface area contributed by atoms with E-state index in [1.807, 2.05) is 36.5 Å². The molecule has 0 amide bonds. The maximum Gasteiger partial charge on any atom is 0.126 e. The standard InChI is InChI=1S/C15H16BrNO2/c1-11(18)14-5-4-13(16)9-15(14)19-8-6-12-3-2-7-17-10-12/h2-5,7,9-11,18H,6,8H2,1H3/t11-/m0/s1. The van der Waals surface area contributed by atoms with Crippen molar-refractivity contribution in [2.45, 2.75) is 19.4 Å². The number of benzene rings is 1. The highest BCUT2D eigenvalue weighted by atomic mass is 79.9. The van der Waals surface area contributed by atoms with Crippen LogP contribution in [0.1, 0.15) is 24.2 Å². The molecule has 1 heterocycles. The Balaban J connectivity index is 2.01. The van der Waals surface area contributed by atoms with Crippen LogP contribution in [0.5, 0.6) is 5.75 Å². The molecule has 0 bridgehead atoms. The lowest BCUT2D eigenvalue weighted by Crippen LogP contribution is -2.05. The average Bonchev–Trinajstić information content (AvgIpc) is 2.39. The lowest BCUT2D eigenvalue weighted by Gasteiger charge is -2.13. The molecule has 0 unspecified atom stereocenters. The van der Waals surface area contributed by atoms with Crippen molar-refractivity contribution in [1.82, 2.24) is 4.98 Å². The molecule has 4 heteroatoms. The van der Waals surface area contributed by atoms with Gasteiger partial charge in [-0.2, -0.15) is 0 Å². The van der Waals surface area contributed by atoms with Crippen molar-refractivity contribution in [3.8, 4) is 5.75 Å². The Morgan fingerprint density at radius 1 is 1.37 bits per heavy atom. The summed E-state index contributed by atoms with van der Waals surface area (Å²) in [4.78, 5) is 4.07. The van der Waals surface area contributed by atoms with E-state index in [1.165, 1.54) is 0 Å². The van der Waals surface area contributed by atoms with Crippen LogP contribution < -0.4 is 4.74 Å². The first-order valence-corrected chi connectivity index (χ1v) is 6.95. The quantitative estimate of drug-likeness (QED) is 0.916. The van der Waals surface area contributed by atoms with Crippen LogP contribution in [-0.4, -0.2) is 16.7 Å². The molecule has 100 valence electrons. The second-order valence-electron chi connectivity index (χ2n) is 4.32. The SMILES string of the molecule is C[C@H](O)c1ccc(Br)cc1OCCc1cccnc1. The maximum atomic E-state index is 9.71. The summed E-state index contributed by atoms with van der Waals surface area (Å²) < 4.78 is 6.70. The van der Waals surface area contributed by atoms with Gasteiger partial charge in [-0.15, -0.1) is 0 Å². The fourth-order valence-electron chi connectivity index (χ4n) is 1.80. The fourth-order valence-corrected chi connectivity index (χ4v) is 2.14. The molecular formula is C15H16BrNO2. The summed E-state index contributed by atoms with van der Waals surface area (Å²) >= 11 is 3.41. The molecule has 0 aliphatic carbocycles. The van der Waals surface area contributed by atoms with E-state index in [9.17, 15) is 5.11 Å². The van der Waals surface area contributed by atoms with Gasteiger partial charge in [0, 0.05) is 28.9 Å². The zero-order valence-corrected chi connectivity index (χ0v) is 12.3. The molecule has 1 N–H and O–H groups in total. The first kappa shape index (κ1) is 14.0. The van der Waals surface area contributed by atoms with Gasteiger partial charge < -0.3 is 9.84 Å². The van der Waals surface area contributed by atoms with Crippen LogP contribution in [0, 0.1) is 0 Å². The maximum absolute atomic E-state index is 9.71. The van der Waals surface area contributed by atoms with Crippen molar-refractivity contribution in [2.75, 3.05) is 6.61 Å². The summed E-state index contributed by atoms with van der Waals surface area (Å²) in [6.45, 7) is 2.29. The Kier molecular flexibility index (Phi) is 4.93. The molecule has 0 fully saturated rings. The smallest absolute Gasteiger partial charge is 0.126 e. The van der Waals surface area contributed by atoms with Gasteiger partial charge in [0.2, 0.25) is 0 Å². The molecule has 2 rings (SSSR count). The molecule has 3 nitrogen and oxygen atoms in total. The monoisotopic (exact) mass is 321 g/mol. The highest BCUT2D eigenvalue weighted by Gasteiger charge is 2.09. The van der Waals surface area contributed by atoms with E-state index in [2.05, 4.69) is 20.9 Å². The third-order valence-electron chi connectivity index (χ3n) is 2.80. The number of rotatable bonds is 5. The largest absolute Gasteiger partial charge is 0.493 e. The Morgan fingerprint density at radius 2 is 2.21 bits per heavy atom. The Hall–Kier alpha value is -1.39. The summed E-state index contributed by atoms with van der Waals surface area (Å²) in [5.41, 5.74) is 1.94. The van der Waals surface area contributed by atoms with Gasteiger partial charge >= 0.3 is 0 Å². The van der Waals surface area contributed by atoms with Gasteiger partial charge in [0.1, 0.15) is 5.75 Å². The number of aromatic nitrogens is 1. The van der Waals surface area contributed by atoms with E-state index in [4.69, 9.17) is 4.74 Å². The summed E-state index contributed by atoms with van der Waals surface area (Å²) in [7, 11) is 0. The van der Waals surface area contributed by atoms with Gasteiger partial charge in [0.05, 0.1) is 12.7 Å². The Bertz CT molecular complexity index is 529. The van der Waals surface area contributed by atoms with Gasteiger partial charge in [0.15, 0.2) is 0 Å². The summed E-state index contributed by atoms with van der Waals surface area (Å²) in [6.07, 6.45) is 3.84. The lowest BCUT2D eigenvalue weighted by atomic mass is 10.1. The highest BCUT2D eigenvalue weighted by molar-refractivity contribution is 9.10. The summed E-state index contributed by atoms with van der Waals surface area (Å²) in [6, 6.07) is 9.58. The Labute approximate surface area is 121 Å². The average molecular weight is 322 g/mol. The number of hydrogen-bond donors (Lipinski definition) is 1. The van der Waals surface area contributed by atoms with E-state index in [0.29, 0.717) is 12.4 Å². The minimum Gasteiger partial charge on any atom is -0.493 e. The van der Waals surface area contributed by atoms with Crippen LogP contribution in [-0.2, 0) is 6.42 Å². The molecule has 19 heavy (non-hydrogen) atoms. The molecule has 0 saturated carbocycles. The normalized spacial score (nSPS) is 12.2. The van der Waals surface area contributed by atoms with E-state index in [-0.39, 0.29) is 0 Å². The number of ether oxygens (including phenoxy) is 1. The summed E-state index contributed by atoms with van der Waals surface area (Å²) in [5.74, 6) is 0.716. The second kappa shape index (κ2) is 6.68. The van der Waals surface area contributed by atoms with Crippen molar-refractivity contribution in [3.63, 3.8) is 0 Å². The van der Waals surface area contributed by atoms with Gasteiger partial charge in [-0.1, -0.05) is 28.1 Å². The number of halogens is 1. The van der Waals surface area contributed by atoms with Crippen LogP contribution >= 0.6 is 15.9 Å². The van der Waals surface area contributed by atoms with Gasteiger partial charge in [-0.25, -0.2) is 0 Å². The second-order valence-corrected chi connectivity index (χ2v) is 5.23. The zero-order valence-electron chi connectivity index (χ0n) is 10.7. The first-order chi connectivity index (χ1) is 9.16. The van der Waals surface area contributed by atoms with Crippen LogP contribution in [0.4, 0.5) is 0 Å². The van der Waals surface area contributed by atoms with Crippen molar-refractivity contribution >= 4 is 15.9 Å². The molecule has 0 radical (unpaired) electrons. The van der Waals surface area contributed by atoms with E-state index >= 15 is 0 Å². The molecule has 0 aliphatic rings. The van der Waals surface area contributed by atoms with E-state index in [1.54, 1.807) is 13.1 Å². The summed E-state index contributed by atoms with van der Waals surface area (Å²) in [5, 5.41) is 9.71. The molecule has 1 aromatic heterocycles. The van der Waals surface area contributed by atoms with Gasteiger partial charge in [-0.05, 0) is 30.7 Å². The predicted molar refractivity (Wildman–Crippen MR) is 78.2 cm³/mol. The number of aliphatic hydroxyl groups excluding tert-OH is 1. The molecule has 0 spiro atoms. The minimum absolute atomic E-state index is 0.540. The van der Waals surface area contributed by atoms with Crippen LogP contribution in [0.25, 0.3) is 0 Å². The Morgan fingerprint density at radius 3 is 2.89 bits per heavy atom. The molecule has 1 atom stereocenters. The van der Waals surface area contributed by atoms with Crippen LogP contribution in [0.15, 0.2) is 47.2 Å². The topological polar surface area (TPSA) is 42.4 Å². The molecule has 1 aromatic carbocycles. The van der Waals surface area contributed by atoms with Crippen LogP contribution in [0.3, 0.4) is 0 Å². The number of aliphatic hydroxyl groups is 1. The highest BCUT2D eigenvalue weighted by Crippen LogP contribution is 2.28. The zero-order chi connectivity index (χ0) is 13.7.